The van der Waals surface area contributed by atoms with Gasteiger partial charge >= 0.3 is 0 Å². The van der Waals surface area contributed by atoms with Gasteiger partial charge < -0.3 is 4.74 Å². The number of benzene rings is 1. The van der Waals surface area contributed by atoms with Gasteiger partial charge in [0.2, 0.25) is 10.0 Å². The maximum absolute atomic E-state index is 11.2. The molecule has 0 amide bonds. The van der Waals surface area contributed by atoms with Gasteiger partial charge in [-0.3, -0.25) is 0 Å². The average molecular weight is 230 g/mol. The Hall–Kier alpha value is -1.47. The second-order valence-electron chi connectivity index (χ2n) is 2.82. The molecule has 15 heavy (non-hydrogen) atoms. The highest BCUT2D eigenvalue weighted by Crippen LogP contribution is 2.23. The van der Waals surface area contributed by atoms with Crippen LogP contribution in [0.2, 0.25) is 0 Å². The molecule has 6 nitrogen and oxygen atoms in total. The lowest BCUT2D eigenvalue weighted by atomic mass is 10.2. The minimum absolute atomic E-state index is 0.105. The standard InChI is InChI=1S/C8H10N2O4S/c1-14-7-3-2-6(5-10-11)4-8(7)15(9,12)13/h2-4H,5H2,1H3,(H2,9,12,13). The first-order chi connectivity index (χ1) is 6.99. The number of sulfonamides is 1. The molecule has 0 saturated heterocycles. The van der Waals surface area contributed by atoms with Crippen molar-refractivity contribution >= 4 is 10.0 Å². The quantitative estimate of drug-likeness (QED) is 0.766. The zero-order chi connectivity index (χ0) is 11.5. The molecule has 1 aromatic carbocycles. The number of methoxy groups -OCH3 is 1. The third-order valence-electron chi connectivity index (χ3n) is 1.78. The summed E-state index contributed by atoms with van der Waals surface area (Å²) in [5.41, 5.74) is 0.467. The monoisotopic (exact) mass is 230 g/mol. The van der Waals surface area contributed by atoms with Gasteiger partial charge in [-0.15, -0.1) is 0 Å². The Morgan fingerprint density at radius 1 is 1.47 bits per heavy atom. The van der Waals surface area contributed by atoms with Gasteiger partial charge in [-0.1, -0.05) is 11.2 Å². The largest absolute Gasteiger partial charge is 0.495 e. The molecule has 2 N–H and O–H groups in total. The van der Waals surface area contributed by atoms with Crippen LogP contribution < -0.4 is 9.88 Å². The highest BCUT2D eigenvalue weighted by atomic mass is 32.2. The Kier molecular flexibility index (Phi) is 3.38. The smallest absolute Gasteiger partial charge is 0.241 e. The van der Waals surface area contributed by atoms with E-state index >= 15 is 0 Å². The van der Waals surface area contributed by atoms with Crippen LogP contribution in [-0.4, -0.2) is 15.5 Å². The minimum Gasteiger partial charge on any atom is -0.495 e. The number of hydrogen-bond acceptors (Lipinski definition) is 5. The van der Waals surface area contributed by atoms with E-state index in [9.17, 15) is 13.3 Å². The molecule has 0 aliphatic rings. The molecule has 0 aromatic heterocycles. The molecular weight excluding hydrogens is 220 g/mol. The van der Waals surface area contributed by atoms with E-state index in [1.165, 1.54) is 19.2 Å². The SMILES string of the molecule is COc1ccc(CN=O)cc1S(N)(=O)=O. The lowest BCUT2D eigenvalue weighted by molar-refractivity contribution is 0.402. The van der Waals surface area contributed by atoms with Gasteiger partial charge in [0.1, 0.15) is 17.2 Å². The fourth-order valence-electron chi connectivity index (χ4n) is 1.12. The van der Waals surface area contributed by atoms with Crippen molar-refractivity contribution in [2.24, 2.45) is 10.3 Å². The molecule has 1 aromatic rings. The molecule has 0 fully saturated rings. The Morgan fingerprint density at radius 2 is 2.13 bits per heavy atom. The molecule has 0 saturated carbocycles. The van der Waals surface area contributed by atoms with E-state index in [1.807, 2.05) is 0 Å². The van der Waals surface area contributed by atoms with Crippen LogP contribution in [0, 0.1) is 4.91 Å². The van der Waals surface area contributed by atoms with Crippen molar-refractivity contribution in [3.05, 3.63) is 28.7 Å². The zero-order valence-corrected chi connectivity index (χ0v) is 8.82. The topological polar surface area (TPSA) is 98.8 Å². The van der Waals surface area contributed by atoms with Crippen molar-refractivity contribution in [1.29, 1.82) is 0 Å². The van der Waals surface area contributed by atoms with Crippen LogP contribution in [-0.2, 0) is 16.6 Å². The summed E-state index contributed by atoms with van der Waals surface area (Å²) >= 11 is 0. The van der Waals surface area contributed by atoms with E-state index in [1.54, 1.807) is 6.07 Å². The second-order valence-corrected chi connectivity index (χ2v) is 4.35. The van der Waals surface area contributed by atoms with E-state index in [0.717, 1.165) is 0 Å². The number of nitroso groups, excluding NO2 is 1. The van der Waals surface area contributed by atoms with Crippen LogP contribution in [0.1, 0.15) is 5.56 Å². The van der Waals surface area contributed by atoms with Gasteiger partial charge in [0.05, 0.1) is 7.11 Å². The number of nitrogens with zero attached hydrogens (tertiary/aromatic N) is 1. The van der Waals surface area contributed by atoms with E-state index < -0.39 is 10.0 Å². The second kappa shape index (κ2) is 4.37. The molecule has 0 radical (unpaired) electrons. The molecular formula is C8H10N2O4S. The zero-order valence-electron chi connectivity index (χ0n) is 8.00. The highest BCUT2D eigenvalue weighted by molar-refractivity contribution is 7.89. The fourth-order valence-corrected chi connectivity index (χ4v) is 1.86. The Balaban J connectivity index is 3.32. The lowest BCUT2D eigenvalue weighted by Gasteiger charge is -2.07. The first kappa shape index (κ1) is 11.6. The van der Waals surface area contributed by atoms with Crippen molar-refractivity contribution in [3.8, 4) is 5.75 Å². The van der Waals surface area contributed by atoms with Crippen LogP contribution in [0.3, 0.4) is 0 Å². The van der Waals surface area contributed by atoms with Gasteiger partial charge in [0.25, 0.3) is 0 Å². The first-order valence-corrected chi connectivity index (χ1v) is 5.52. The van der Waals surface area contributed by atoms with Crippen molar-refractivity contribution in [2.45, 2.75) is 11.4 Å². The molecule has 82 valence electrons. The van der Waals surface area contributed by atoms with Crippen molar-refractivity contribution in [2.75, 3.05) is 7.11 Å². The summed E-state index contributed by atoms with van der Waals surface area (Å²) in [5.74, 6) is 0.146. The van der Waals surface area contributed by atoms with Crippen LogP contribution in [0.5, 0.6) is 5.75 Å². The molecule has 0 bridgehead atoms. The Labute approximate surface area is 87.1 Å². The summed E-state index contributed by atoms with van der Waals surface area (Å²) in [6.07, 6.45) is 0. The summed E-state index contributed by atoms with van der Waals surface area (Å²) in [6.45, 7) is -0.105. The van der Waals surface area contributed by atoms with Gasteiger partial charge in [0.15, 0.2) is 0 Å². The maximum Gasteiger partial charge on any atom is 0.241 e. The summed E-state index contributed by atoms with van der Waals surface area (Å²) in [6, 6.07) is 4.25. The van der Waals surface area contributed by atoms with Crippen LogP contribution in [0.4, 0.5) is 0 Å². The first-order valence-electron chi connectivity index (χ1n) is 3.98. The number of rotatable bonds is 4. The molecule has 7 heteroatoms. The third kappa shape index (κ3) is 2.74. The van der Waals surface area contributed by atoms with Crippen molar-refractivity contribution in [3.63, 3.8) is 0 Å². The van der Waals surface area contributed by atoms with Gasteiger partial charge in [-0.05, 0) is 17.7 Å². The van der Waals surface area contributed by atoms with Gasteiger partial charge in [0, 0.05) is 0 Å². The summed E-state index contributed by atoms with van der Waals surface area (Å²) in [4.78, 5) is 9.88. The normalized spacial score (nSPS) is 11.1. The number of primary sulfonamides is 1. The summed E-state index contributed by atoms with van der Waals surface area (Å²) < 4.78 is 27.2. The highest BCUT2D eigenvalue weighted by Gasteiger charge is 2.15. The van der Waals surface area contributed by atoms with Crippen LogP contribution in [0.25, 0.3) is 0 Å². The minimum atomic E-state index is -3.86. The predicted molar refractivity (Wildman–Crippen MR) is 53.9 cm³/mol. The maximum atomic E-state index is 11.2. The lowest BCUT2D eigenvalue weighted by Crippen LogP contribution is -2.13. The van der Waals surface area contributed by atoms with Gasteiger partial charge in [-0.2, -0.15) is 4.91 Å². The molecule has 0 unspecified atom stereocenters. The Bertz CT molecular complexity index is 470. The van der Waals surface area contributed by atoms with Crippen molar-refractivity contribution < 1.29 is 13.2 Å². The summed E-state index contributed by atoms with van der Waals surface area (Å²) in [7, 11) is -2.52. The number of hydrogen-bond donors (Lipinski definition) is 1. The molecule has 0 spiro atoms. The Morgan fingerprint density at radius 3 is 2.60 bits per heavy atom. The molecule has 1 rings (SSSR count). The fraction of sp³-hybridized carbons (Fsp3) is 0.250. The average Bonchev–Trinajstić information content (AvgIpc) is 2.17. The predicted octanol–water partition coefficient (Wildman–Crippen LogP) is 0.609. The molecule has 0 heterocycles. The van der Waals surface area contributed by atoms with E-state index in [-0.39, 0.29) is 17.2 Å². The third-order valence-corrected chi connectivity index (χ3v) is 2.71. The molecule has 0 aliphatic heterocycles. The van der Waals surface area contributed by atoms with Gasteiger partial charge in [-0.25, -0.2) is 13.6 Å². The summed E-state index contributed by atoms with van der Waals surface area (Å²) in [5, 5.41) is 7.64. The van der Waals surface area contributed by atoms with E-state index in [2.05, 4.69) is 5.18 Å². The van der Waals surface area contributed by atoms with E-state index in [0.29, 0.717) is 5.56 Å². The number of nitrogens with two attached hydrogens (primary N) is 1. The molecule has 0 atom stereocenters. The molecule has 0 aliphatic carbocycles. The van der Waals surface area contributed by atoms with Crippen LogP contribution >= 0.6 is 0 Å². The van der Waals surface area contributed by atoms with E-state index in [4.69, 9.17) is 9.88 Å². The number of ether oxygens (including phenoxy) is 1. The van der Waals surface area contributed by atoms with Crippen molar-refractivity contribution in [1.82, 2.24) is 0 Å². The van der Waals surface area contributed by atoms with Crippen LogP contribution in [0.15, 0.2) is 28.3 Å².